The van der Waals surface area contributed by atoms with E-state index < -0.39 is 5.60 Å². The lowest BCUT2D eigenvalue weighted by Gasteiger charge is -2.32. The lowest BCUT2D eigenvalue weighted by Crippen LogP contribution is -2.46. The number of hydrogen-bond acceptors (Lipinski definition) is 6. The minimum absolute atomic E-state index is 0.0171. The van der Waals surface area contributed by atoms with Gasteiger partial charge >= 0.3 is 0 Å². The Labute approximate surface area is 186 Å². The Balaban J connectivity index is 1.42. The third kappa shape index (κ3) is 4.82. The largest absolute Gasteiger partial charge is 0.497 e. The van der Waals surface area contributed by atoms with Crippen LogP contribution in [0.25, 0.3) is 0 Å². The number of ether oxygens (including phenoxy) is 2. The van der Waals surface area contributed by atoms with Gasteiger partial charge in [0.2, 0.25) is 11.8 Å². The summed E-state index contributed by atoms with van der Waals surface area (Å²) in [6.07, 6.45) is 4.50. The topological polar surface area (TPSA) is 110 Å². The molecule has 32 heavy (non-hydrogen) atoms. The molecule has 168 valence electrons. The monoisotopic (exact) mass is 438 g/mol. The van der Waals surface area contributed by atoms with E-state index in [-0.39, 0.29) is 37.2 Å². The van der Waals surface area contributed by atoms with E-state index in [4.69, 9.17) is 9.47 Å². The van der Waals surface area contributed by atoms with Crippen molar-refractivity contribution in [2.45, 2.75) is 31.4 Å². The molecule has 2 aliphatic rings. The number of rotatable bonds is 5. The summed E-state index contributed by atoms with van der Waals surface area (Å²) in [7, 11) is 1.55. The molecule has 0 radical (unpaired) electrons. The molecule has 1 aromatic heterocycles. The molecule has 2 aliphatic heterocycles. The molecule has 0 saturated carbocycles. The molecule has 0 aliphatic carbocycles. The highest BCUT2D eigenvalue weighted by Crippen LogP contribution is 2.35. The minimum atomic E-state index is -0.731. The number of aromatic nitrogens is 1. The first-order valence-corrected chi connectivity index (χ1v) is 10.6. The standard InChI is InChI=1S/C23H26N4O5/c1-31-17-2-3-18-19(12-17)32-23(15-26-22(18)30)7-4-21(29)27(11-8-23)14-20(28)25-13-16-5-9-24-10-6-16/h2-3,5-6,9-10,12H,4,7-8,11,13-15H2,1H3,(H,25,28)(H,26,30). The van der Waals surface area contributed by atoms with Gasteiger partial charge in [-0.15, -0.1) is 0 Å². The summed E-state index contributed by atoms with van der Waals surface area (Å²) in [5, 5.41) is 5.75. The molecule has 3 amide bonds. The van der Waals surface area contributed by atoms with Crippen LogP contribution in [-0.4, -0.2) is 60.0 Å². The number of nitrogens with one attached hydrogen (secondary N) is 2. The summed E-state index contributed by atoms with van der Waals surface area (Å²) in [6, 6.07) is 8.73. The predicted octanol–water partition coefficient (Wildman–Crippen LogP) is 1.28. The molecular weight excluding hydrogens is 412 g/mol. The van der Waals surface area contributed by atoms with Crippen molar-refractivity contribution in [1.82, 2.24) is 20.5 Å². The van der Waals surface area contributed by atoms with Crippen molar-refractivity contribution in [1.29, 1.82) is 0 Å². The highest BCUT2D eigenvalue weighted by molar-refractivity contribution is 5.97. The van der Waals surface area contributed by atoms with Crippen molar-refractivity contribution in [2.75, 3.05) is 26.7 Å². The van der Waals surface area contributed by atoms with E-state index >= 15 is 0 Å². The fourth-order valence-electron chi connectivity index (χ4n) is 3.97. The van der Waals surface area contributed by atoms with Crippen LogP contribution in [0, 0.1) is 0 Å². The van der Waals surface area contributed by atoms with E-state index in [1.807, 2.05) is 12.1 Å². The van der Waals surface area contributed by atoms with E-state index in [0.717, 1.165) is 5.56 Å². The Morgan fingerprint density at radius 1 is 1.25 bits per heavy atom. The van der Waals surface area contributed by atoms with Crippen LogP contribution >= 0.6 is 0 Å². The number of carbonyl (C=O) groups is 3. The van der Waals surface area contributed by atoms with Gasteiger partial charge in [-0.05, 0) is 36.2 Å². The summed E-state index contributed by atoms with van der Waals surface area (Å²) in [4.78, 5) is 43.2. The molecule has 1 fully saturated rings. The van der Waals surface area contributed by atoms with Gasteiger partial charge in [-0.25, -0.2) is 0 Å². The Morgan fingerprint density at radius 3 is 2.84 bits per heavy atom. The van der Waals surface area contributed by atoms with Gasteiger partial charge in [0.25, 0.3) is 5.91 Å². The molecule has 1 unspecified atom stereocenters. The molecule has 1 atom stereocenters. The molecule has 9 heteroatoms. The average molecular weight is 438 g/mol. The number of nitrogens with zero attached hydrogens (tertiary/aromatic N) is 2. The van der Waals surface area contributed by atoms with Crippen molar-refractivity contribution in [2.24, 2.45) is 0 Å². The van der Waals surface area contributed by atoms with Gasteiger partial charge in [0.1, 0.15) is 17.1 Å². The van der Waals surface area contributed by atoms with Crippen molar-refractivity contribution in [3.8, 4) is 11.5 Å². The predicted molar refractivity (Wildman–Crippen MR) is 115 cm³/mol. The van der Waals surface area contributed by atoms with Crippen molar-refractivity contribution < 1.29 is 23.9 Å². The number of fused-ring (bicyclic) bond motifs is 1. The summed E-state index contributed by atoms with van der Waals surface area (Å²) in [5.41, 5.74) is 0.641. The lowest BCUT2D eigenvalue weighted by atomic mass is 9.94. The molecule has 3 heterocycles. The lowest BCUT2D eigenvalue weighted by molar-refractivity contribution is -0.135. The molecule has 1 saturated heterocycles. The number of pyridine rings is 1. The Kier molecular flexibility index (Phi) is 6.25. The zero-order chi connectivity index (χ0) is 22.6. The smallest absolute Gasteiger partial charge is 0.255 e. The molecule has 9 nitrogen and oxygen atoms in total. The number of hydrogen-bond donors (Lipinski definition) is 2. The Hall–Kier alpha value is -3.62. The molecule has 2 N–H and O–H groups in total. The SMILES string of the molecule is COc1ccc2c(c1)OC1(CCC(=O)N(CC(=O)NCc3ccncc3)CC1)CNC2=O. The minimum Gasteiger partial charge on any atom is -0.497 e. The van der Waals surface area contributed by atoms with Gasteiger partial charge in [0.05, 0.1) is 25.8 Å². The van der Waals surface area contributed by atoms with E-state index in [2.05, 4.69) is 15.6 Å². The fraction of sp³-hybridized carbons (Fsp3) is 0.391. The first-order valence-electron chi connectivity index (χ1n) is 10.6. The molecule has 4 rings (SSSR count). The summed E-state index contributed by atoms with van der Waals surface area (Å²) in [5.74, 6) is 0.478. The number of amides is 3. The van der Waals surface area contributed by atoms with E-state index in [9.17, 15) is 14.4 Å². The van der Waals surface area contributed by atoms with Crippen molar-refractivity contribution >= 4 is 17.7 Å². The van der Waals surface area contributed by atoms with E-state index in [1.165, 1.54) is 0 Å². The van der Waals surface area contributed by atoms with Crippen LogP contribution in [0.15, 0.2) is 42.7 Å². The van der Waals surface area contributed by atoms with Gasteiger partial charge in [0, 0.05) is 44.4 Å². The van der Waals surface area contributed by atoms with Crippen LogP contribution < -0.4 is 20.1 Å². The second-order valence-corrected chi connectivity index (χ2v) is 8.03. The number of likely N-dealkylation sites (tertiary alicyclic amines) is 1. The zero-order valence-electron chi connectivity index (χ0n) is 17.9. The third-order valence-corrected chi connectivity index (χ3v) is 5.89. The molecule has 2 aromatic rings. The van der Waals surface area contributed by atoms with E-state index in [0.29, 0.717) is 43.0 Å². The first-order chi connectivity index (χ1) is 15.5. The van der Waals surface area contributed by atoms with E-state index in [1.54, 1.807) is 42.6 Å². The van der Waals surface area contributed by atoms with Crippen LogP contribution in [0.1, 0.15) is 35.2 Å². The van der Waals surface area contributed by atoms with Crippen LogP contribution in [0.3, 0.4) is 0 Å². The Morgan fingerprint density at radius 2 is 2.06 bits per heavy atom. The van der Waals surface area contributed by atoms with Crippen LogP contribution in [0.2, 0.25) is 0 Å². The summed E-state index contributed by atoms with van der Waals surface area (Å²) < 4.78 is 11.6. The molecule has 1 aromatic carbocycles. The highest BCUT2D eigenvalue weighted by atomic mass is 16.5. The number of benzene rings is 1. The Bertz CT molecular complexity index is 1010. The first kappa shape index (κ1) is 21.6. The molecule has 0 bridgehead atoms. The highest BCUT2D eigenvalue weighted by Gasteiger charge is 2.40. The van der Waals surface area contributed by atoms with Gasteiger partial charge in [0.15, 0.2) is 0 Å². The quantitative estimate of drug-likeness (QED) is 0.728. The molecular formula is C23H26N4O5. The van der Waals surface area contributed by atoms with Gasteiger partial charge < -0.3 is 25.0 Å². The maximum Gasteiger partial charge on any atom is 0.255 e. The normalized spacial score (nSPS) is 20.5. The molecule has 1 spiro atoms. The maximum atomic E-state index is 12.7. The summed E-state index contributed by atoms with van der Waals surface area (Å²) in [6.45, 7) is 1.01. The van der Waals surface area contributed by atoms with Crippen molar-refractivity contribution in [3.05, 3.63) is 53.9 Å². The van der Waals surface area contributed by atoms with Crippen LogP contribution in [0.5, 0.6) is 11.5 Å². The van der Waals surface area contributed by atoms with Gasteiger partial charge in [-0.1, -0.05) is 0 Å². The summed E-state index contributed by atoms with van der Waals surface area (Å²) >= 11 is 0. The van der Waals surface area contributed by atoms with Crippen molar-refractivity contribution in [3.63, 3.8) is 0 Å². The van der Waals surface area contributed by atoms with Crippen LogP contribution in [0.4, 0.5) is 0 Å². The maximum absolute atomic E-state index is 12.7. The zero-order valence-corrected chi connectivity index (χ0v) is 17.9. The van der Waals surface area contributed by atoms with Crippen LogP contribution in [-0.2, 0) is 16.1 Å². The second-order valence-electron chi connectivity index (χ2n) is 8.03. The van der Waals surface area contributed by atoms with Gasteiger partial charge in [-0.2, -0.15) is 0 Å². The second kappa shape index (κ2) is 9.25. The average Bonchev–Trinajstić information content (AvgIpc) is 3.05. The third-order valence-electron chi connectivity index (χ3n) is 5.89. The van der Waals surface area contributed by atoms with Gasteiger partial charge in [-0.3, -0.25) is 19.4 Å². The number of carbonyl (C=O) groups excluding carboxylic acids is 3. The number of methoxy groups -OCH3 is 1. The fourth-order valence-corrected chi connectivity index (χ4v) is 3.97.